The second-order valence-electron chi connectivity index (χ2n) is 6.09. The molecule has 0 aliphatic carbocycles. The predicted molar refractivity (Wildman–Crippen MR) is 112 cm³/mol. The summed E-state index contributed by atoms with van der Waals surface area (Å²) in [7, 11) is 2.85. The van der Waals surface area contributed by atoms with Gasteiger partial charge in [0.05, 0.1) is 25.4 Å². The molecule has 0 fully saturated rings. The topological polar surface area (TPSA) is 53.4 Å². The van der Waals surface area contributed by atoms with Crippen molar-refractivity contribution >= 4 is 33.9 Å². The van der Waals surface area contributed by atoms with Crippen molar-refractivity contribution in [1.29, 1.82) is 0 Å². The molecular weight excluding hydrogens is 372 g/mol. The summed E-state index contributed by atoms with van der Waals surface area (Å²) in [5.74, 6) is -0.468. The second kappa shape index (κ2) is 7.70. The van der Waals surface area contributed by atoms with Crippen LogP contribution in [0.2, 0.25) is 0 Å². The van der Waals surface area contributed by atoms with E-state index in [4.69, 9.17) is 14.5 Å². The van der Waals surface area contributed by atoms with Crippen molar-refractivity contribution in [3.8, 4) is 21.8 Å². The summed E-state index contributed by atoms with van der Waals surface area (Å²) in [5, 5.41) is 4.02. The van der Waals surface area contributed by atoms with Gasteiger partial charge in [-0.2, -0.15) is 0 Å². The molecule has 2 aromatic heterocycles. The first kappa shape index (κ1) is 18.0. The monoisotopic (exact) mass is 390 g/mol. The van der Waals surface area contributed by atoms with Crippen molar-refractivity contribution in [2.45, 2.75) is 0 Å². The van der Waals surface area contributed by atoms with Gasteiger partial charge in [0.1, 0.15) is 11.3 Å². The largest absolute Gasteiger partial charge is 0.502 e. The van der Waals surface area contributed by atoms with Crippen molar-refractivity contribution in [2.75, 3.05) is 14.2 Å². The van der Waals surface area contributed by atoms with Crippen LogP contribution in [0.15, 0.2) is 72.4 Å². The first-order valence-electron chi connectivity index (χ1n) is 8.65. The molecule has 2 aromatic carbocycles. The summed E-state index contributed by atoms with van der Waals surface area (Å²) >= 11 is 1.61. The Morgan fingerprint density at radius 1 is 1.07 bits per heavy atom. The molecule has 0 atom stereocenters. The molecule has 0 bridgehead atoms. The standard InChI is InChI=1S/C22H18N2O3S/c1-26-13-20(22(25)27-2)24-11-10-15-8-9-17(12-19(15)24)18-14-28-21(23-18)16-6-4-3-5-7-16/h3-14H,1-2H3. The molecule has 0 aliphatic rings. The van der Waals surface area contributed by atoms with Gasteiger partial charge in [-0.15, -0.1) is 11.3 Å². The normalized spacial score (nSPS) is 11.6. The van der Waals surface area contributed by atoms with Crippen molar-refractivity contribution in [3.05, 3.63) is 72.4 Å². The van der Waals surface area contributed by atoms with Crippen LogP contribution in [0.5, 0.6) is 0 Å². The van der Waals surface area contributed by atoms with Gasteiger partial charge >= 0.3 is 5.97 Å². The number of aromatic nitrogens is 2. The van der Waals surface area contributed by atoms with Crippen molar-refractivity contribution in [1.82, 2.24) is 9.55 Å². The highest BCUT2D eigenvalue weighted by Crippen LogP contribution is 2.31. The van der Waals surface area contributed by atoms with E-state index in [1.165, 1.54) is 20.5 Å². The van der Waals surface area contributed by atoms with Gasteiger partial charge in [0.15, 0.2) is 5.70 Å². The Hall–Kier alpha value is -3.38. The minimum Gasteiger partial charge on any atom is -0.502 e. The van der Waals surface area contributed by atoms with E-state index in [2.05, 4.69) is 12.1 Å². The summed E-state index contributed by atoms with van der Waals surface area (Å²) in [4.78, 5) is 16.9. The maximum absolute atomic E-state index is 12.2. The Labute approximate surface area is 166 Å². The van der Waals surface area contributed by atoms with Gasteiger partial charge in [-0.1, -0.05) is 42.5 Å². The Kier molecular flexibility index (Phi) is 4.95. The van der Waals surface area contributed by atoms with Crippen molar-refractivity contribution in [3.63, 3.8) is 0 Å². The van der Waals surface area contributed by atoms with Gasteiger partial charge in [-0.05, 0) is 17.5 Å². The minimum absolute atomic E-state index is 0.306. The van der Waals surface area contributed by atoms with Gasteiger partial charge in [-0.25, -0.2) is 9.78 Å². The number of ether oxygens (including phenoxy) is 2. The average Bonchev–Trinajstić information content (AvgIpc) is 3.39. The van der Waals surface area contributed by atoms with Crippen LogP contribution in [0, 0.1) is 0 Å². The lowest BCUT2D eigenvalue weighted by Crippen LogP contribution is -2.10. The molecule has 0 saturated heterocycles. The molecule has 0 aliphatic heterocycles. The molecule has 5 nitrogen and oxygen atoms in total. The zero-order valence-corrected chi connectivity index (χ0v) is 16.3. The first-order valence-corrected chi connectivity index (χ1v) is 9.53. The van der Waals surface area contributed by atoms with Crippen molar-refractivity contribution < 1.29 is 14.3 Å². The summed E-state index contributed by atoms with van der Waals surface area (Å²) in [6.45, 7) is 0. The molecule has 6 heteroatoms. The quantitative estimate of drug-likeness (QED) is 0.272. The SMILES string of the molecule is COC=C(C(=O)OC)n1ccc2ccc(-c3csc(-c4ccccc4)n3)cc21. The molecule has 0 saturated carbocycles. The number of fused-ring (bicyclic) bond motifs is 1. The third-order valence-corrected chi connectivity index (χ3v) is 5.29. The molecule has 2 heterocycles. The van der Waals surface area contributed by atoms with Crippen LogP contribution in [0.3, 0.4) is 0 Å². The van der Waals surface area contributed by atoms with Gasteiger partial charge in [0, 0.05) is 22.7 Å². The number of carbonyl (C=O) groups is 1. The van der Waals surface area contributed by atoms with E-state index >= 15 is 0 Å². The Balaban J connectivity index is 1.77. The van der Waals surface area contributed by atoms with Gasteiger partial charge in [0.25, 0.3) is 0 Å². The summed E-state index contributed by atoms with van der Waals surface area (Å²) in [5.41, 5.74) is 4.15. The number of rotatable bonds is 5. The van der Waals surface area contributed by atoms with Gasteiger partial charge < -0.3 is 14.0 Å². The smallest absolute Gasteiger partial charge is 0.358 e. The number of hydrogen-bond donors (Lipinski definition) is 0. The van der Waals surface area contributed by atoms with Gasteiger partial charge in [-0.3, -0.25) is 0 Å². The van der Waals surface area contributed by atoms with Crippen LogP contribution in [-0.2, 0) is 14.3 Å². The van der Waals surface area contributed by atoms with Crippen LogP contribution in [-0.4, -0.2) is 29.7 Å². The lowest BCUT2D eigenvalue weighted by atomic mass is 10.1. The average molecular weight is 390 g/mol. The molecular formula is C22H18N2O3S. The van der Waals surface area contributed by atoms with Crippen molar-refractivity contribution in [2.24, 2.45) is 0 Å². The summed E-state index contributed by atoms with van der Waals surface area (Å²) in [6.07, 6.45) is 3.21. The van der Waals surface area contributed by atoms with Crippen LogP contribution in [0.4, 0.5) is 0 Å². The molecule has 0 spiro atoms. The van der Waals surface area contributed by atoms with E-state index in [1.807, 2.05) is 54.0 Å². The fraction of sp³-hybridized carbons (Fsp3) is 0.0909. The summed E-state index contributed by atoms with van der Waals surface area (Å²) in [6, 6.07) is 18.1. The van der Waals surface area contributed by atoms with Crippen LogP contribution >= 0.6 is 11.3 Å². The Morgan fingerprint density at radius 3 is 2.64 bits per heavy atom. The molecule has 140 valence electrons. The third-order valence-electron chi connectivity index (χ3n) is 4.40. The molecule has 4 aromatic rings. The molecule has 0 N–H and O–H groups in total. The predicted octanol–water partition coefficient (Wildman–Crippen LogP) is 5.05. The number of hydrogen-bond acceptors (Lipinski definition) is 5. The number of nitrogens with zero attached hydrogens (tertiary/aromatic N) is 2. The molecule has 28 heavy (non-hydrogen) atoms. The minimum atomic E-state index is -0.468. The lowest BCUT2D eigenvalue weighted by molar-refractivity contribution is -0.134. The van der Waals surface area contributed by atoms with Crippen LogP contribution in [0.25, 0.3) is 38.4 Å². The van der Waals surface area contributed by atoms with E-state index in [0.717, 1.165) is 32.7 Å². The maximum atomic E-state index is 12.2. The van der Waals surface area contributed by atoms with E-state index in [9.17, 15) is 4.79 Å². The molecule has 0 unspecified atom stereocenters. The molecule has 4 rings (SSSR count). The second-order valence-corrected chi connectivity index (χ2v) is 6.95. The number of thiazole rings is 1. The van der Waals surface area contributed by atoms with Crippen LogP contribution in [0.1, 0.15) is 0 Å². The zero-order valence-electron chi connectivity index (χ0n) is 15.5. The molecule has 0 amide bonds. The highest BCUT2D eigenvalue weighted by atomic mass is 32.1. The molecule has 0 radical (unpaired) electrons. The lowest BCUT2D eigenvalue weighted by Gasteiger charge is -2.09. The number of carbonyl (C=O) groups excluding carboxylic acids is 1. The fourth-order valence-corrected chi connectivity index (χ4v) is 3.87. The zero-order chi connectivity index (χ0) is 19.5. The van der Waals surface area contributed by atoms with E-state index in [1.54, 1.807) is 15.9 Å². The number of benzene rings is 2. The fourth-order valence-electron chi connectivity index (χ4n) is 3.04. The highest BCUT2D eigenvalue weighted by molar-refractivity contribution is 7.13. The number of methoxy groups -OCH3 is 2. The Morgan fingerprint density at radius 2 is 1.89 bits per heavy atom. The van der Waals surface area contributed by atoms with Crippen LogP contribution < -0.4 is 0 Å². The van der Waals surface area contributed by atoms with E-state index < -0.39 is 5.97 Å². The van der Waals surface area contributed by atoms with E-state index in [-0.39, 0.29) is 0 Å². The van der Waals surface area contributed by atoms with Gasteiger partial charge in [0.2, 0.25) is 0 Å². The number of esters is 1. The maximum Gasteiger partial charge on any atom is 0.358 e. The Bertz CT molecular complexity index is 1160. The van der Waals surface area contributed by atoms with E-state index in [0.29, 0.717) is 5.70 Å². The first-order chi connectivity index (χ1) is 13.7. The third kappa shape index (κ3) is 3.30. The highest BCUT2D eigenvalue weighted by Gasteiger charge is 2.16. The summed E-state index contributed by atoms with van der Waals surface area (Å²) < 4.78 is 11.7.